The van der Waals surface area contributed by atoms with Gasteiger partial charge in [-0.3, -0.25) is 9.59 Å². The van der Waals surface area contributed by atoms with Crippen LogP contribution in [0.5, 0.6) is 0 Å². The van der Waals surface area contributed by atoms with E-state index in [2.05, 4.69) is 5.32 Å². The fraction of sp³-hybridized carbons (Fsp3) is 0.526. The van der Waals surface area contributed by atoms with Crippen molar-refractivity contribution in [2.45, 2.75) is 39.4 Å². The molecule has 0 spiro atoms. The van der Waals surface area contributed by atoms with E-state index in [0.717, 1.165) is 30.8 Å². The standard InChI is InChI=1S/C19H29N3O2S2/c1-6-15-11-9-10-12-16(15)20-17(23)13-21(5)18(24)14(4)26-19(25)22(7-2)8-3/h9-12,14H,6-8,13H2,1-5H3,(H,20,23). The van der Waals surface area contributed by atoms with Crippen molar-refractivity contribution in [3.63, 3.8) is 0 Å². The van der Waals surface area contributed by atoms with E-state index in [1.807, 2.05) is 56.9 Å². The highest BCUT2D eigenvalue weighted by Gasteiger charge is 2.23. The number of carbonyl (C=O) groups is 2. The number of likely N-dealkylation sites (N-methyl/N-ethyl adjacent to an activating group) is 1. The third-order valence-corrected chi connectivity index (χ3v) is 5.64. The van der Waals surface area contributed by atoms with Gasteiger partial charge in [0.2, 0.25) is 11.8 Å². The lowest BCUT2D eigenvalue weighted by Gasteiger charge is -2.25. The highest BCUT2D eigenvalue weighted by molar-refractivity contribution is 8.23. The zero-order valence-electron chi connectivity index (χ0n) is 16.2. The molecule has 0 radical (unpaired) electrons. The average Bonchev–Trinajstić information content (AvgIpc) is 2.62. The minimum absolute atomic E-state index is 0.0137. The van der Waals surface area contributed by atoms with Crippen LogP contribution in [0.15, 0.2) is 24.3 Å². The number of thioether (sulfide) groups is 1. The molecule has 0 aliphatic rings. The smallest absolute Gasteiger partial charge is 0.243 e. The first-order chi connectivity index (χ1) is 12.3. The molecule has 0 saturated heterocycles. The van der Waals surface area contributed by atoms with Crippen molar-refractivity contribution in [1.82, 2.24) is 9.80 Å². The fourth-order valence-corrected chi connectivity index (χ4v) is 4.18. The van der Waals surface area contributed by atoms with Gasteiger partial charge in [0, 0.05) is 25.8 Å². The number of hydrogen-bond acceptors (Lipinski definition) is 4. The number of nitrogens with zero attached hydrogens (tertiary/aromatic N) is 2. The molecule has 2 amide bonds. The molecule has 1 rings (SSSR count). The number of nitrogens with one attached hydrogen (secondary N) is 1. The van der Waals surface area contributed by atoms with E-state index >= 15 is 0 Å². The zero-order valence-corrected chi connectivity index (χ0v) is 17.9. The van der Waals surface area contributed by atoms with Crippen molar-refractivity contribution in [2.75, 3.05) is 32.0 Å². The number of amides is 2. The average molecular weight is 396 g/mol. The van der Waals surface area contributed by atoms with Crippen molar-refractivity contribution in [2.24, 2.45) is 0 Å². The second-order valence-electron chi connectivity index (χ2n) is 5.95. The van der Waals surface area contributed by atoms with Gasteiger partial charge in [0.25, 0.3) is 0 Å². The molecule has 0 aliphatic heterocycles. The minimum atomic E-state index is -0.330. The molecule has 1 unspecified atom stereocenters. The minimum Gasteiger partial charge on any atom is -0.358 e. The maximum Gasteiger partial charge on any atom is 0.243 e. The van der Waals surface area contributed by atoms with E-state index in [-0.39, 0.29) is 23.6 Å². The summed E-state index contributed by atoms with van der Waals surface area (Å²) >= 11 is 6.76. The molecule has 1 aromatic carbocycles. The number of anilines is 1. The summed E-state index contributed by atoms with van der Waals surface area (Å²) in [4.78, 5) is 28.3. The zero-order chi connectivity index (χ0) is 19.7. The molecule has 0 bridgehead atoms. The summed E-state index contributed by atoms with van der Waals surface area (Å²) in [5.41, 5.74) is 1.87. The Morgan fingerprint density at radius 1 is 1.19 bits per heavy atom. The van der Waals surface area contributed by atoms with Crippen LogP contribution in [0.3, 0.4) is 0 Å². The van der Waals surface area contributed by atoms with Crippen LogP contribution in [-0.4, -0.2) is 57.9 Å². The van der Waals surface area contributed by atoms with Crippen molar-refractivity contribution >= 4 is 45.8 Å². The summed E-state index contributed by atoms with van der Waals surface area (Å²) in [5.74, 6) is -0.311. The highest BCUT2D eigenvalue weighted by atomic mass is 32.2. The molecule has 5 nitrogen and oxygen atoms in total. The van der Waals surface area contributed by atoms with Gasteiger partial charge in [-0.05, 0) is 38.8 Å². The van der Waals surface area contributed by atoms with E-state index in [9.17, 15) is 9.59 Å². The normalized spacial score (nSPS) is 11.6. The predicted molar refractivity (Wildman–Crippen MR) is 115 cm³/mol. The molecule has 0 fully saturated rings. The first-order valence-corrected chi connectivity index (χ1v) is 10.2. The van der Waals surface area contributed by atoms with Crippen LogP contribution in [-0.2, 0) is 16.0 Å². The van der Waals surface area contributed by atoms with E-state index in [0.29, 0.717) is 4.32 Å². The van der Waals surface area contributed by atoms with Gasteiger partial charge in [0.15, 0.2) is 0 Å². The topological polar surface area (TPSA) is 52.7 Å². The monoisotopic (exact) mass is 395 g/mol. The van der Waals surface area contributed by atoms with Crippen LogP contribution in [0.1, 0.15) is 33.3 Å². The Hall–Kier alpha value is -1.60. The third-order valence-electron chi connectivity index (χ3n) is 4.08. The number of rotatable bonds is 8. The van der Waals surface area contributed by atoms with Gasteiger partial charge in [-0.1, -0.05) is 49.1 Å². The summed E-state index contributed by atoms with van der Waals surface area (Å²) in [6, 6.07) is 7.69. The lowest BCUT2D eigenvalue weighted by atomic mass is 10.1. The number of aryl methyl sites for hydroxylation is 1. The van der Waals surface area contributed by atoms with Gasteiger partial charge >= 0.3 is 0 Å². The molecule has 1 aromatic rings. The second-order valence-corrected chi connectivity index (χ2v) is 7.93. The number of carbonyl (C=O) groups excluding carboxylic acids is 2. The summed E-state index contributed by atoms with van der Waals surface area (Å²) in [6.07, 6.45) is 0.835. The molecule has 0 aliphatic carbocycles. The summed E-state index contributed by atoms with van der Waals surface area (Å²) in [7, 11) is 1.64. The quantitative estimate of drug-likeness (QED) is 0.684. The summed E-state index contributed by atoms with van der Waals surface area (Å²) in [5, 5.41) is 2.56. The third kappa shape index (κ3) is 6.61. The van der Waals surface area contributed by atoms with Crippen LogP contribution in [0.4, 0.5) is 5.69 Å². The van der Waals surface area contributed by atoms with Crippen LogP contribution in [0.25, 0.3) is 0 Å². The highest BCUT2D eigenvalue weighted by Crippen LogP contribution is 2.18. The van der Waals surface area contributed by atoms with Crippen LogP contribution in [0, 0.1) is 0 Å². The Morgan fingerprint density at radius 2 is 1.81 bits per heavy atom. The predicted octanol–water partition coefficient (Wildman–Crippen LogP) is 3.39. The van der Waals surface area contributed by atoms with Crippen LogP contribution in [0.2, 0.25) is 0 Å². The van der Waals surface area contributed by atoms with Gasteiger partial charge in [0.05, 0.1) is 11.8 Å². The number of benzene rings is 1. The van der Waals surface area contributed by atoms with E-state index < -0.39 is 0 Å². The molecule has 144 valence electrons. The number of para-hydroxylation sites is 1. The van der Waals surface area contributed by atoms with E-state index in [1.54, 1.807) is 7.05 Å². The molecule has 0 aromatic heterocycles. The molecular formula is C19H29N3O2S2. The van der Waals surface area contributed by atoms with Gasteiger partial charge in [0.1, 0.15) is 4.32 Å². The maximum atomic E-state index is 12.5. The Kier molecular flexibility index (Phi) is 9.65. The molecule has 0 saturated carbocycles. The Morgan fingerprint density at radius 3 is 2.38 bits per heavy atom. The summed E-state index contributed by atoms with van der Waals surface area (Å²) < 4.78 is 0.713. The van der Waals surface area contributed by atoms with Gasteiger partial charge in [-0.25, -0.2) is 0 Å². The van der Waals surface area contributed by atoms with Crippen molar-refractivity contribution in [3.8, 4) is 0 Å². The van der Waals surface area contributed by atoms with Crippen molar-refractivity contribution in [1.29, 1.82) is 0 Å². The first kappa shape index (κ1) is 22.4. The Balaban J connectivity index is 2.60. The van der Waals surface area contributed by atoms with Gasteiger partial charge in [-0.2, -0.15) is 0 Å². The molecule has 1 N–H and O–H groups in total. The van der Waals surface area contributed by atoms with Crippen LogP contribution < -0.4 is 5.32 Å². The van der Waals surface area contributed by atoms with Gasteiger partial charge < -0.3 is 15.1 Å². The lowest BCUT2D eigenvalue weighted by Crippen LogP contribution is -2.40. The SMILES string of the molecule is CCc1ccccc1NC(=O)CN(C)C(=O)C(C)SC(=S)N(CC)CC. The molecule has 26 heavy (non-hydrogen) atoms. The van der Waals surface area contributed by atoms with Gasteiger partial charge in [-0.15, -0.1) is 0 Å². The molecular weight excluding hydrogens is 366 g/mol. The van der Waals surface area contributed by atoms with E-state index in [4.69, 9.17) is 12.2 Å². The van der Waals surface area contributed by atoms with Crippen molar-refractivity contribution in [3.05, 3.63) is 29.8 Å². The molecule has 1 atom stereocenters. The number of hydrogen-bond donors (Lipinski definition) is 1. The number of thiocarbonyl (C=S) groups is 1. The maximum absolute atomic E-state index is 12.5. The van der Waals surface area contributed by atoms with Crippen molar-refractivity contribution < 1.29 is 9.59 Å². The second kappa shape index (κ2) is 11.2. The van der Waals surface area contributed by atoms with E-state index in [1.165, 1.54) is 16.7 Å². The largest absolute Gasteiger partial charge is 0.358 e. The Labute approximate surface area is 166 Å². The molecule has 0 heterocycles. The Bertz CT molecular complexity index is 633. The fourth-order valence-electron chi connectivity index (χ4n) is 2.50. The lowest BCUT2D eigenvalue weighted by molar-refractivity contribution is -0.132. The summed E-state index contributed by atoms with van der Waals surface area (Å²) in [6.45, 7) is 9.58. The van der Waals surface area contributed by atoms with Crippen LogP contribution >= 0.6 is 24.0 Å². The molecule has 7 heteroatoms. The first-order valence-electron chi connectivity index (χ1n) is 8.92.